The van der Waals surface area contributed by atoms with Gasteiger partial charge in [0.15, 0.2) is 0 Å². The molecule has 0 aliphatic heterocycles. The standard InChI is InChI=1S/C8H9NO2S/c1-2-5-3-4-6(8(10)11)7(12)9-5/h3-4H,2H2,1H3,(H,9,12)(H,10,11). The number of aromatic amines is 1. The molecule has 0 saturated carbocycles. The number of H-pyrrole nitrogens is 1. The molecule has 0 fully saturated rings. The average molecular weight is 183 g/mol. The molecule has 0 spiro atoms. The summed E-state index contributed by atoms with van der Waals surface area (Å²) < 4.78 is 0.293. The quantitative estimate of drug-likeness (QED) is 0.689. The first-order valence-electron chi connectivity index (χ1n) is 3.60. The van der Waals surface area contributed by atoms with Crippen LogP contribution in [0.15, 0.2) is 12.1 Å². The number of aromatic nitrogens is 1. The first-order chi connectivity index (χ1) is 5.65. The van der Waals surface area contributed by atoms with Crippen LogP contribution >= 0.6 is 12.2 Å². The van der Waals surface area contributed by atoms with Gasteiger partial charge in [-0.15, -0.1) is 0 Å². The Morgan fingerprint density at radius 1 is 1.67 bits per heavy atom. The molecule has 2 N–H and O–H groups in total. The van der Waals surface area contributed by atoms with Gasteiger partial charge in [-0.1, -0.05) is 19.1 Å². The van der Waals surface area contributed by atoms with E-state index in [2.05, 4.69) is 4.98 Å². The second-order valence-electron chi connectivity index (χ2n) is 2.39. The maximum absolute atomic E-state index is 10.5. The van der Waals surface area contributed by atoms with Crippen molar-refractivity contribution in [3.05, 3.63) is 28.0 Å². The summed E-state index contributed by atoms with van der Waals surface area (Å²) in [4.78, 5) is 13.4. The van der Waals surface area contributed by atoms with Crippen molar-refractivity contribution in [2.24, 2.45) is 0 Å². The molecule has 12 heavy (non-hydrogen) atoms. The van der Waals surface area contributed by atoms with Crippen LogP contribution in [-0.2, 0) is 6.42 Å². The van der Waals surface area contributed by atoms with Crippen molar-refractivity contribution in [2.45, 2.75) is 13.3 Å². The minimum absolute atomic E-state index is 0.155. The molecule has 0 saturated heterocycles. The number of carbonyl (C=O) groups is 1. The Morgan fingerprint density at radius 3 is 2.75 bits per heavy atom. The van der Waals surface area contributed by atoms with E-state index in [9.17, 15) is 4.79 Å². The number of carboxylic acid groups (broad SMARTS) is 1. The molecule has 0 aromatic carbocycles. The topological polar surface area (TPSA) is 53.1 Å². The third-order valence-corrected chi connectivity index (χ3v) is 1.90. The van der Waals surface area contributed by atoms with E-state index in [1.165, 1.54) is 6.07 Å². The Morgan fingerprint density at radius 2 is 2.33 bits per heavy atom. The predicted molar refractivity (Wildman–Crippen MR) is 48.0 cm³/mol. The van der Waals surface area contributed by atoms with E-state index in [-0.39, 0.29) is 5.56 Å². The number of hydrogen-bond donors (Lipinski definition) is 2. The van der Waals surface area contributed by atoms with Crippen molar-refractivity contribution in [3.8, 4) is 0 Å². The maximum atomic E-state index is 10.5. The number of nitrogens with one attached hydrogen (secondary N) is 1. The molecule has 4 heteroatoms. The Bertz CT molecular complexity index is 356. The van der Waals surface area contributed by atoms with Gasteiger partial charge in [0.25, 0.3) is 0 Å². The molecule has 0 unspecified atom stereocenters. The number of pyridine rings is 1. The summed E-state index contributed by atoms with van der Waals surface area (Å²) in [5, 5.41) is 8.64. The van der Waals surface area contributed by atoms with Gasteiger partial charge in [-0.3, -0.25) is 0 Å². The van der Waals surface area contributed by atoms with Crippen LogP contribution in [0.25, 0.3) is 0 Å². The summed E-state index contributed by atoms with van der Waals surface area (Å²) in [7, 11) is 0. The number of carboxylic acids is 1. The fourth-order valence-electron chi connectivity index (χ4n) is 0.889. The molecular formula is C8H9NO2S. The monoisotopic (exact) mass is 183 g/mol. The zero-order valence-electron chi connectivity index (χ0n) is 6.63. The summed E-state index contributed by atoms with van der Waals surface area (Å²) in [6.45, 7) is 1.97. The molecule has 1 aromatic heterocycles. The van der Waals surface area contributed by atoms with Crippen molar-refractivity contribution in [1.82, 2.24) is 4.98 Å². The summed E-state index contributed by atoms with van der Waals surface area (Å²) in [6.07, 6.45) is 0.823. The van der Waals surface area contributed by atoms with Crippen molar-refractivity contribution in [2.75, 3.05) is 0 Å². The van der Waals surface area contributed by atoms with Gasteiger partial charge in [-0.25, -0.2) is 4.79 Å². The Kier molecular flexibility index (Phi) is 2.60. The zero-order valence-corrected chi connectivity index (χ0v) is 7.44. The van der Waals surface area contributed by atoms with Crippen molar-refractivity contribution < 1.29 is 9.90 Å². The van der Waals surface area contributed by atoms with Crippen LogP contribution in [0.1, 0.15) is 23.0 Å². The van der Waals surface area contributed by atoms with Crippen LogP contribution in [0, 0.1) is 4.64 Å². The molecule has 1 rings (SSSR count). The van der Waals surface area contributed by atoms with E-state index in [1.54, 1.807) is 6.07 Å². The number of aromatic carboxylic acids is 1. The highest BCUT2D eigenvalue weighted by atomic mass is 32.1. The van der Waals surface area contributed by atoms with Crippen LogP contribution in [0.5, 0.6) is 0 Å². The normalized spacial score (nSPS) is 9.75. The average Bonchev–Trinajstić information content (AvgIpc) is 2.03. The lowest BCUT2D eigenvalue weighted by Crippen LogP contribution is -2.00. The number of hydrogen-bond acceptors (Lipinski definition) is 2. The van der Waals surface area contributed by atoms with Gasteiger partial charge in [0.1, 0.15) is 4.64 Å². The maximum Gasteiger partial charge on any atom is 0.338 e. The fraction of sp³-hybridized carbons (Fsp3) is 0.250. The largest absolute Gasteiger partial charge is 0.478 e. The highest BCUT2D eigenvalue weighted by Gasteiger charge is 2.04. The van der Waals surface area contributed by atoms with Gasteiger partial charge in [-0.05, 0) is 18.6 Å². The van der Waals surface area contributed by atoms with Gasteiger partial charge >= 0.3 is 5.97 Å². The van der Waals surface area contributed by atoms with E-state index in [1.807, 2.05) is 6.92 Å². The third kappa shape index (κ3) is 1.71. The van der Waals surface area contributed by atoms with Gasteiger partial charge < -0.3 is 10.1 Å². The highest BCUT2D eigenvalue weighted by molar-refractivity contribution is 7.71. The van der Waals surface area contributed by atoms with E-state index >= 15 is 0 Å². The molecule has 0 atom stereocenters. The molecule has 0 aliphatic rings. The summed E-state index contributed by atoms with van der Waals surface area (Å²) in [5.41, 5.74) is 1.10. The lowest BCUT2D eigenvalue weighted by Gasteiger charge is -1.98. The third-order valence-electron chi connectivity index (χ3n) is 1.58. The first kappa shape index (κ1) is 8.93. The van der Waals surface area contributed by atoms with Crippen LogP contribution in [0.4, 0.5) is 0 Å². The summed E-state index contributed by atoms with van der Waals surface area (Å²) in [6, 6.07) is 3.26. The lowest BCUT2D eigenvalue weighted by molar-refractivity contribution is 0.0696. The first-order valence-corrected chi connectivity index (χ1v) is 4.01. The van der Waals surface area contributed by atoms with E-state index in [0.717, 1.165) is 12.1 Å². The summed E-state index contributed by atoms with van der Waals surface area (Å²) in [5.74, 6) is -0.987. The molecular weight excluding hydrogens is 174 g/mol. The smallest absolute Gasteiger partial charge is 0.338 e. The molecule has 1 heterocycles. The van der Waals surface area contributed by atoms with E-state index in [4.69, 9.17) is 17.3 Å². The molecule has 0 radical (unpaired) electrons. The number of aryl methyl sites for hydroxylation is 1. The van der Waals surface area contributed by atoms with Crippen LogP contribution < -0.4 is 0 Å². The van der Waals surface area contributed by atoms with E-state index in [0.29, 0.717) is 4.64 Å². The van der Waals surface area contributed by atoms with Crippen molar-refractivity contribution >= 4 is 18.2 Å². The molecule has 3 nitrogen and oxygen atoms in total. The molecule has 0 amide bonds. The fourth-order valence-corrected chi connectivity index (χ4v) is 1.18. The van der Waals surface area contributed by atoms with Gasteiger partial charge in [0.2, 0.25) is 0 Å². The Balaban J connectivity index is 3.21. The zero-order chi connectivity index (χ0) is 9.14. The van der Waals surface area contributed by atoms with Crippen LogP contribution in [0.3, 0.4) is 0 Å². The Hall–Kier alpha value is -1.16. The Labute approximate surface area is 75.1 Å². The molecule has 0 bridgehead atoms. The van der Waals surface area contributed by atoms with Crippen LogP contribution in [-0.4, -0.2) is 16.1 Å². The minimum Gasteiger partial charge on any atom is -0.478 e. The van der Waals surface area contributed by atoms with Gasteiger partial charge in [0, 0.05) is 5.69 Å². The SMILES string of the molecule is CCc1ccc(C(=O)O)c(=S)[nH]1. The molecule has 64 valence electrons. The minimum atomic E-state index is -0.987. The van der Waals surface area contributed by atoms with Crippen LogP contribution in [0.2, 0.25) is 0 Å². The second-order valence-corrected chi connectivity index (χ2v) is 2.79. The molecule has 1 aromatic rings. The summed E-state index contributed by atoms with van der Waals surface area (Å²) >= 11 is 4.85. The van der Waals surface area contributed by atoms with Crippen molar-refractivity contribution in [3.63, 3.8) is 0 Å². The van der Waals surface area contributed by atoms with Gasteiger partial charge in [0.05, 0.1) is 5.56 Å². The van der Waals surface area contributed by atoms with Gasteiger partial charge in [-0.2, -0.15) is 0 Å². The second kappa shape index (κ2) is 3.49. The highest BCUT2D eigenvalue weighted by Crippen LogP contribution is 2.03. The molecule has 0 aliphatic carbocycles. The lowest BCUT2D eigenvalue weighted by atomic mass is 10.2. The van der Waals surface area contributed by atoms with Crippen molar-refractivity contribution in [1.29, 1.82) is 0 Å². The number of rotatable bonds is 2. The van der Waals surface area contributed by atoms with E-state index < -0.39 is 5.97 Å². The predicted octanol–water partition coefficient (Wildman–Crippen LogP) is 2.00.